The fraction of sp³-hybridized carbons (Fsp3) is 0.400. The van der Waals surface area contributed by atoms with Crippen LogP contribution in [0.1, 0.15) is 26.2 Å². The number of carbonyl (C=O) groups excluding carboxylic acids is 2. The number of pyridine rings is 1. The fourth-order valence-electron chi connectivity index (χ4n) is 2.09. The van der Waals surface area contributed by atoms with Crippen molar-refractivity contribution in [2.75, 3.05) is 5.32 Å². The first-order valence-electron chi connectivity index (χ1n) is 6.84. The van der Waals surface area contributed by atoms with Gasteiger partial charge in [0.05, 0.1) is 12.1 Å². The Kier molecular flexibility index (Phi) is 5.33. The summed E-state index contributed by atoms with van der Waals surface area (Å²) in [4.78, 5) is 27.6. The van der Waals surface area contributed by atoms with Gasteiger partial charge in [-0.05, 0) is 37.8 Å². The minimum absolute atomic E-state index is 0.195. The first-order chi connectivity index (χ1) is 10.1. The molecule has 2 rings (SSSR count). The number of allylic oxidation sites excluding steroid dienone is 2. The van der Waals surface area contributed by atoms with Gasteiger partial charge in [-0.15, -0.1) is 0 Å². The van der Waals surface area contributed by atoms with Gasteiger partial charge in [0.1, 0.15) is 0 Å². The standard InChI is InChI=1S/C15H17ClN2O3/c1-10(21-13(19)9-11-5-2-3-6-11)15(20)18-12-7-4-8-17-14(12)16/h2,4-5,7-8,10-11H,3,6,9H2,1H3,(H,18,20)/t10-,11-/m0/s1. The summed E-state index contributed by atoms with van der Waals surface area (Å²) in [5.41, 5.74) is 0.394. The number of carbonyl (C=O) groups is 2. The van der Waals surface area contributed by atoms with Gasteiger partial charge in [0, 0.05) is 6.20 Å². The molecule has 2 atom stereocenters. The summed E-state index contributed by atoms with van der Waals surface area (Å²) >= 11 is 5.85. The Bertz CT molecular complexity index is 560. The lowest BCUT2D eigenvalue weighted by Gasteiger charge is -2.15. The SMILES string of the molecule is C[C@H](OC(=O)C[C@H]1C=CCC1)C(=O)Nc1cccnc1Cl. The van der Waals surface area contributed by atoms with Crippen molar-refractivity contribution in [2.24, 2.45) is 5.92 Å². The number of anilines is 1. The molecule has 1 aromatic heterocycles. The quantitative estimate of drug-likeness (QED) is 0.516. The zero-order valence-electron chi connectivity index (χ0n) is 11.7. The van der Waals surface area contributed by atoms with Crippen LogP contribution >= 0.6 is 11.6 Å². The number of nitrogens with zero attached hydrogens (tertiary/aromatic N) is 1. The van der Waals surface area contributed by atoms with Gasteiger partial charge in [0.25, 0.3) is 5.91 Å². The molecule has 112 valence electrons. The Hall–Kier alpha value is -1.88. The molecule has 6 heteroatoms. The molecule has 1 N–H and O–H groups in total. The van der Waals surface area contributed by atoms with Crippen LogP contribution in [-0.4, -0.2) is 23.0 Å². The van der Waals surface area contributed by atoms with E-state index in [2.05, 4.69) is 16.4 Å². The first-order valence-corrected chi connectivity index (χ1v) is 7.21. The van der Waals surface area contributed by atoms with E-state index in [9.17, 15) is 9.59 Å². The van der Waals surface area contributed by atoms with E-state index >= 15 is 0 Å². The molecule has 0 spiro atoms. The average molecular weight is 309 g/mol. The fourth-order valence-corrected chi connectivity index (χ4v) is 2.26. The molecular formula is C15H17ClN2O3. The maximum Gasteiger partial charge on any atom is 0.307 e. The minimum Gasteiger partial charge on any atom is -0.453 e. The first kappa shape index (κ1) is 15.5. The number of aromatic nitrogens is 1. The molecular weight excluding hydrogens is 292 g/mol. The van der Waals surface area contributed by atoms with E-state index in [1.54, 1.807) is 12.1 Å². The summed E-state index contributed by atoms with van der Waals surface area (Å²) < 4.78 is 5.14. The molecule has 0 radical (unpaired) electrons. The summed E-state index contributed by atoms with van der Waals surface area (Å²) in [5.74, 6) is -0.577. The van der Waals surface area contributed by atoms with Crippen molar-refractivity contribution in [1.82, 2.24) is 4.98 Å². The molecule has 0 bridgehead atoms. The highest BCUT2D eigenvalue weighted by molar-refractivity contribution is 6.32. The summed E-state index contributed by atoms with van der Waals surface area (Å²) in [6, 6.07) is 3.29. The normalized spacial score (nSPS) is 18.3. The van der Waals surface area contributed by atoms with Crippen LogP contribution in [0, 0.1) is 5.92 Å². The molecule has 0 saturated heterocycles. The number of ether oxygens (including phenoxy) is 1. The van der Waals surface area contributed by atoms with Gasteiger partial charge in [-0.25, -0.2) is 4.98 Å². The van der Waals surface area contributed by atoms with Crippen LogP contribution in [0.4, 0.5) is 5.69 Å². The monoisotopic (exact) mass is 308 g/mol. The molecule has 5 nitrogen and oxygen atoms in total. The molecule has 0 fully saturated rings. The molecule has 1 aliphatic carbocycles. The lowest BCUT2D eigenvalue weighted by Crippen LogP contribution is -2.30. The third-order valence-corrected chi connectivity index (χ3v) is 3.54. The van der Waals surface area contributed by atoms with Crippen LogP contribution in [0.25, 0.3) is 0 Å². The number of esters is 1. The predicted molar refractivity (Wildman–Crippen MR) is 79.9 cm³/mol. The van der Waals surface area contributed by atoms with Crippen LogP contribution in [0.15, 0.2) is 30.5 Å². The number of nitrogens with one attached hydrogen (secondary N) is 1. The smallest absolute Gasteiger partial charge is 0.307 e. The molecule has 1 heterocycles. The number of amides is 1. The maximum atomic E-state index is 11.9. The molecule has 1 aliphatic rings. The lowest BCUT2D eigenvalue weighted by atomic mass is 10.1. The summed E-state index contributed by atoms with van der Waals surface area (Å²) in [5, 5.41) is 2.78. The van der Waals surface area contributed by atoms with Crippen LogP contribution in [-0.2, 0) is 14.3 Å². The van der Waals surface area contributed by atoms with Gasteiger partial charge in [-0.3, -0.25) is 9.59 Å². The van der Waals surface area contributed by atoms with E-state index in [0.717, 1.165) is 12.8 Å². The molecule has 0 saturated carbocycles. The molecule has 0 aromatic carbocycles. The largest absolute Gasteiger partial charge is 0.453 e. The Morgan fingerprint density at radius 2 is 2.38 bits per heavy atom. The Morgan fingerprint density at radius 3 is 3.05 bits per heavy atom. The number of hydrogen-bond acceptors (Lipinski definition) is 4. The summed E-state index contributed by atoms with van der Waals surface area (Å²) in [6.07, 6.45) is 6.98. The van der Waals surface area contributed by atoms with Crippen molar-refractivity contribution in [2.45, 2.75) is 32.3 Å². The van der Waals surface area contributed by atoms with Crippen molar-refractivity contribution >= 4 is 29.2 Å². The van der Waals surface area contributed by atoms with Gasteiger partial charge in [0.2, 0.25) is 0 Å². The minimum atomic E-state index is -0.876. The maximum absolute atomic E-state index is 11.9. The summed E-state index contributed by atoms with van der Waals surface area (Å²) in [7, 11) is 0. The molecule has 1 aromatic rings. The molecule has 0 unspecified atom stereocenters. The highest BCUT2D eigenvalue weighted by Gasteiger charge is 2.21. The second-order valence-corrected chi connectivity index (χ2v) is 5.29. The number of halogens is 1. The van der Waals surface area contributed by atoms with E-state index in [0.29, 0.717) is 12.1 Å². The van der Waals surface area contributed by atoms with Crippen LogP contribution < -0.4 is 5.32 Å². The third-order valence-electron chi connectivity index (χ3n) is 3.24. The van der Waals surface area contributed by atoms with Crippen LogP contribution in [0.3, 0.4) is 0 Å². The second-order valence-electron chi connectivity index (χ2n) is 4.93. The van der Waals surface area contributed by atoms with Crippen molar-refractivity contribution in [3.8, 4) is 0 Å². The second kappa shape index (κ2) is 7.22. The highest BCUT2D eigenvalue weighted by Crippen LogP contribution is 2.21. The van der Waals surface area contributed by atoms with Crippen molar-refractivity contribution in [1.29, 1.82) is 0 Å². The van der Waals surface area contributed by atoms with Crippen molar-refractivity contribution in [3.63, 3.8) is 0 Å². The number of hydrogen-bond donors (Lipinski definition) is 1. The van der Waals surface area contributed by atoms with Crippen LogP contribution in [0.5, 0.6) is 0 Å². The third kappa shape index (κ3) is 4.56. The zero-order chi connectivity index (χ0) is 15.2. The van der Waals surface area contributed by atoms with Gasteiger partial charge in [0.15, 0.2) is 11.3 Å². The average Bonchev–Trinajstić information content (AvgIpc) is 2.93. The molecule has 0 aliphatic heterocycles. The van der Waals surface area contributed by atoms with Gasteiger partial charge in [-0.1, -0.05) is 23.8 Å². The van der Waals surface area contributed by atoms with Crippen molar-refractivity contribution in [3.05, 3.63) is 35.6 Å². The topological polar surface area (TPSA) is 68.3 Å². The number of rotatable bonds is 5. The predicted octanol–water partition coefficient (Wildman–Crippen LogP) is 2.96. The summed E-state index contributed by atoms with van der Waals surface area (Å²) in [6.45, 7) is 1.53. The zero-order valence-corrected chi connectivity index (χ0v) is 12.5. The van der Waals surface area contributed by atoms with Crippen molar-refractivity contribution < 1.29 is 14.3 Å². The van der Waals surface area contributed by atoms with E-state index in [4.69, 9.17) is 16.3 Å². The molecule has 1 amide bonds. The van der Waals surface area contributed by atoms with Gasteiger partial charge < -0.3 is 10.1 Å². The Morgan fingerprint density at radius 1 is 1.57 bits per heavy atom. The van der Waals surface area contributed by atoms with Crippen LogP contribution in [0.2, 0.25) is 5.15 Å². The van der Waals surface area contributed by atoms with Gasteiger partial charge in [-0.2, -0.15) is 0 Å². The molecule has 21 heavy (non-hydrogen) atoms. The lowest BCUT2D eigenvalue weighted by molar-refractivity contribution is -0.153. The Balaban J connectivity index is 1.83. The van der Waals surface area contributed by atoms with E-state index in [1.807, 2.05) is 6.08 Å². The highest BCUT2D eigenvalue weighted by atomic mass is 35.5. The van der Waals surface area contributed by atoms with E-state index in [-0.39, 0.29) is 17.0 Å². The van der Waals surface area contributed by atoms with E-state index in [1.165, 1.54) is 13.1 Å². The van der Waals surface area contributed by atoms with Gasteiger partial charge >= 0.3 is 5.97 Å². The Labute approximate surface area is 128 Å². The van der Waals surface area contributed by atoms with E-state index < -0.39 is 12.0 Å².